The minimum Gasteiger partial charge on any atom is -0.481 e. The van der Waals surface area contributed by atoms with E-state index in [1.165, 1.54) is 0 Å². The Morgan fingerprint density at radius 3 is 2.67 bits per heavy atom. The molecule has 7 nitrogen and oxygen atoms in total. The molecular weight excluding hydrogens is 272 g/mol. The fourth-order valence-electron chi connectivity index (χ4n) is 2.26. The van der Waals surface area contributed by atoms with Gasteiger partial charge in [0.1, 0.15) is 0 Å². The molecule has 0 aromatic carbocycles. The number of hydrogen-bond acceptors (Lipinski definition) is 7. The third-order valence-electron chi connectivity index (χ3n) is 3.38. The topological polar surface area (TPSA) is 68.7 Å². The number of nitrogens with one attached hydrogen (secondary N) is 1. The molecule has 0 bridgehead atoms. The molecule has 0 aliphatic carbocycles. The molecule has 2 rings (SSSR count). The normalized spacial score (nSPS) is 18.6. The van der Waals surface area contributed by atoms with Gasteiger partial charge in [-0.15, -0.1) is 0 Å². The molecule has 1 unspecified atom stereocenters. The largest absolute Gasteiger partial charge is 0.481 e. The standard InChI is InChI=1S/C14H24N4O3/c1-4-5-15-9-11-10-21-7-6-18(11)14-16-12(19-2)8-13(17-14)20-3/h8,11,15H,4-7,9-10H2,1-3H3. The van der Waals surface area contributed by atoms with E-state index in [1.807, 2.05) is 0 Å². The first-order valence-corrected chi connectivity index (χ1v) is 7.30. The van der Waals surface area contributed by atoms with E-state index in [-0.39, 0.29) is 6.04 Å². The minimum absolute atomic E-state index is 0.210. The van der Waals surface area contributed by atoms with Crippen LogP contribution in [-0.2, 0) is 4.74 Å². The van der Waals surface area contributed by atoms with E-state index in [2.05, 4.69) is 27.1 Å². The van der Waals surface area contributed by atoms with Crippen molar-refractivity contribution in [3.05, 3.63) is 6.07 Å². The van der Waals surface area contributed by atoms with E-state index < -0.39 is 0 Å². The van der Waals surface area contributed by atoms with Gasteiger partial charge in [-0.25, -0.2) is 0 Å². The summed E-state index contributed by atoms with van der Waals surface area (Å²) < 4.78 is 16.0. The molecule has 1 saturated heterocycles. The summed E-state index contributed by atoms with van der Waals surface area (Å²) in [6, 6.07) is 1.89. The molecule has 1 aliphatic rings. The summed E-state index contributed by atoms with van der Waals surface area (Å²) >= 11 is 0. The molecule has 0 amide bonds. The van der Waals surface area contributed by atoms with E-state index in [9.17, 15) is 0 Å². The molecule has 0 radical (unpaired) electrons. The number of anilines is 1. The monoisotopic (exact) mass is 296 g/mol. The summed E-state index contributed by atoms with van der Waals surface area (Å²) in [5, 5.41) is 3.42. The molecule has 21 heavy (non-hydrogen) atoms. The molecule has 118 valence electrons. The average Bonchev–Trinajstić information content (AvgIpc) is 2.55. The number of methoxy groups -OCH3 is 2. The van der Waals surface area contributed by atoms with Gasteiger partial charge in [0.25, 0.3) is 0 Å². The second-order valence-electron chi connectivity index (χ2n) is 4.88. The molecule has 7 heteroatoms. The third-order valence-corrected chi connectivity index (χ3v) is 3.38. The molecule has 1 fully saturated rings. The lowest BCUT2D eigenvalue weighted by atomic mass is 10.2. The van der Waals surface area contributed by atoms with Gasteiger partial charge >= 0.3 is 0 Å². The summed E-state index contributed by atoms with van der Waals surface area (Å²) in [5.74, 6) is 1.63. The van der Waals surface area contributed by atoms with Crippen LogP contribution in [0.2, 0.25) is 0 Å². The van der Waals surface area contributed by atoms with Crippen molar-refractivity contribution < 1.29 is 14.2 Å². The van der Waals surface area contributed by atoms with E-state index >= 15 is 0 Å². The van der Waals surface area contributed by atoms with Crippen molar-refractivity contribution in [1.29, 1.82) is 0 Å². The van der Waals surface area contributed by atoms with Crippen LogP contribution in [-0.4, -0.2) is 63.1 Å². The second-order valence-corrected chi connectivity index (χ2v) is 4.88. The highest BCUT2D eigenvalue weighted by Crippen LogP contribution is 2.22. The number of nitrogens with zero attached hydrogens (tertiary/aromatic N) is 3. The summed E-state index contributed by atoms with van der Waals surface area (Å²) in [6.07, 6.45) is 1.11. The van der Waals surface area contributed by atoms with Gasteiger partial charge in [-0.3, -0.25) is 0 Å². The summed E-state index contributed by atoms with van der Waals surface area (Å²) in [4.78, 5) is 11.0. The quantitative estimate of drug-likeness (QED) is 0.743. The smallest absolute Gasteiger partial charge is 0.232 e. The maximum absolute atomic E-state index is 5.58. The van der Waals surface area contributed by atoms with Crippen LogP contribution in [0.5, 0.6) is 11.8 Å². The Balaban J connectivity index is 2.15. The predicted octanol–water partition coefficient (Wildman–Crippen LogP) is 0.699. The van der Waals surface area contributed by atoms with Crippen LogP contribution in [0.3, 0.4) is 0 Å². The maximum Gasteiger partial charge on any atom is 0.232 e. The van der Waals surface area contributed by atoms with Crippen LogP contribution in [0.15, 0.2) is 6.07 Å². The second kappa shape index (κ2) is 7.99. The van der Waals surface area contributed by atoms with Gasteiger partial charge in [0.15, 0.2) is 0 Å². The van der Waals surface area contributed by atoms with Crippen molar-refractivity contribution in [3.63, 3.8) is 0 Å². The number of hydrogen-bond donors (Lipinski definition) is 1. The van der Waals surface area contributed by atoms with E-state index in [1.54, 1.807) is 20.3 Å². The van der Waals surface area contributed by atoms with Gasteiger partial charge < -0.3 is 24.4 Å². The number of ether oxygens (including phenoxy) is 3. The van der Waals surface area contributed by atoms with Crippen molar-refractivity contribution in [1.82, 2.24) is 15.3 Å². The Kier molecular flexibility index (Phi) is 6.01. The lowest BCUT2D eigenvalue weighted by Crippen LogP contribution is -2.51. The van der Waals surface area contributed by atoms with Gasteiger partial charge in [0, 0.05) is 13.1 Å². The van der Waals surface area contributed by atoms with Gasteiger partial charge in [-0.1, -0.05) is 6.92 Å². The zero-order valence-electron chi connectivity index (χ0n) is 13.0. The number of morpholine rings is 1. The molecule has 0 saturated carbocycles. The van der Waals surface area contributed by atoms with Crippen molar-refractivity contribution in [3.8, 4) is 11.8 Å². The zero-order chi connectivity index (χ0) is 15.1. The molecule has 1 aromatic heterocycles. The van der Waals surface area contributed by atoms with Crippen LogP contribution in [0, 0.1) is 0 Å². The van der Waals surface area contributed by atoms with Crippen molar-refractivity contribution in [2.24, 2.45) is 0 Å². The molecule has 1 N–H and O–H groups in total. The van der Waals surface area contributed by atoms with Crippen LogP contribution in [0.4, 0.5) is 5.95 Å². The van der Waals surface area contributed by atoms with E-state index in [0.717, 1.165) is 26.1 Å². The van der Waals surface area contributed by atoms with Crippen LogP contribution in [0.1, 0.15) is 13.3 Å². The van der Waals surface area contributed by atoms with Crippen LogP contribution >= 0.6 is 0 Å². The first-order chi connectivity index (χ1) is 10.3. The Bertz CT molecular complexity index is 422. The van der Waals surface area contributed by atoms with Gasteiger partial charge in [0.05, 0.1) is 39.5 Å². The molecule has 2 heterocycles. The van der Waals surface area contributed by atoms with Crippen molar-refractivity contribution >= 4 is 5.95 Å². The third kappa shape index (κ3) is 4.18. The van der Waals surface area contributed by atoms with Crippen molar-refractivity contribution in [2.75, 3.05) is 52.0 Å². The average molecular weight is 296 g/mol. The first-order valence-electron chi connectivity index (χ1n) is 7.30. The Morgan fingerprint density at radius 1 is 1.33 bits per heavy atom. The predicted molar refractivity (Wildman–Crippen MR) is 80.2 cm³/mol. The highest BCUT2D eigenvalue weighted by Gasteiger charge is 2.26. The number of aromatic nitrogens is 2. The van der Waals surface area contributed by atoms with Gasteiger partial charge in [-0.2, -0.15) is 9.97 Å². The molecule has 0 spiro atoms. The zero-order valence-corrected chi connectivity index (χ0v) is 13.0. The van der Waals surface area contributed by atoms with Crippen LogP contribution < -0.4 is 19.7 Å². The van der Waals surface area contributed by atoms with Gasteiger partial charge in [-0.05, 0) is 13.0 Å². The van der Waals surface area contributed by atoms with E-state index in [4.69, 9.17) is 14.2 Å². The van der Waals surface area contributed by atoms with Crippen LogP contribution in [0.25, 0.3) is 0 Å². The molecule has 1 atom stereocenters. The first kappa shape index (κ1) is 15.8. The SMILES string of the molecule is CCCNCC1COCCN1c1nc(OC)cc(OC)n1. The van der Waals surface area contributed by atoms with Crippen molar-refractivity contribution in [2.45, 2.75) is 19.4 Å². The minimum atomic E-state index is 0.210. The summed E-state index contributed by atoms with van der Waals surface area (Å²) in [6.45, 7) is 6.09. The van der Waals surface area contributed by atoms with Gasteiger partial charge in [0.2, 0.25) is 17.7 Å². The summed E-state index contributed by atoms with van der Waals surface area (Å²) in [5.41, 5.74) is 0. The Morgan fingerprint density at radius 2 is 2.05 bits per heavy atom. The lowest BCUT2D eigenvalue weighted by Gasteiger charge is -2.35. The Labute approximate surface area is 125 Å². The molecule has 1 aliphatic heterocycles. The highest BCUT2D eigenvalue weighted by molar-refractivity contribution is 5.38. The maximum atomic E-state index is 5.58. The summed E-state index contributed by atoms with van der Waals surface area (Å²) in [7, 11) is 3.18. The Hall–Kier alpha value is -1.60. The lowest BCUT2D eigenvalue weighted by molar-refractivity contribution is 0.0927. The molecular formula is C14H24N4O3. The molecule has 1 aromatic rings. The fourth-order valence-corrected chi connectivity index (χ4v) is 2.26. The fraction of sp³-hybridized carbons (Fsp3) is 0.714. The highest BCUT2D eigenvalue weighted by atomic mass is 16.5. The number of rotatable bonds is 7. The van der Waals surface area contributed by atoms with E-state index in [0.29, 0.717) is 30.9 Å².